The Bertz CT molecular complexity index is 1670. The molecule has 0 saturated heterocycles. The van der Waals surface area contributed by atoms with Crippen LogP contribution in [0.15, 0.2) is 82.7 Å². The van der Waals surface area contributed by atoms with Crippen molar-refractivity contribution in [3.8, 4) is 6.07 Å². The number of carbonyl (C=O) groups is 3. The van der Waals surface area contributed by atoms with Gasteiger partial charge >= 0.3 is 0 Å². The maximum absolute atomic E-state index is 13.3. The van der Waals surface area contributed by atoms with E-state index in [1.807, 2.05) is 29.6 Å². The first-order valence-corrected chi connectivity index (χ1v) is 16.1. The van der Waals surface area contributed by atoms with E-state index in [9.17, 15) is 19.6 Å². The van der Waals surface area contributed by atoms with Crippen LogP contribution in [0.4, 0.5) is 10.7 Å². The number of nitriles is 1. The van der Waals surface area contributed by atoms with E-state index in [1.165, 1.54) is 39.3 Å². The molecule has 212 valence electrons. The van der Waals surface area contributed by atoms with Gasteiger partial charge in [0.15, 0.2) is 0 Å². The topological polar surface area (TPSA) is 111 Å². The quantitative estimate of drug-likeness (QED) is 0.140. The van der Waals surface area contributed by atoms with Gasteiger partial charge in [0, 0.05) is 25.9 Å². The zero-order valence-electron chi connectivity index (χ0n) is 22.8. The van der Waals surface area contributed by atoms with Gasteiger partial charge in [-0.15, -0.1) is 34.4 Å². The zero-order chi connectivity index (χ0) is 29.5. The van der Waals surface area contributed by atoms with Gasteiger partial charge < -0.3 is 16.0 Å². The van der Waals surface area contributed by atoms with Gasteiger partial charge in [0.2, 0.25) is 5.91 Å². The van der Waals surface area contributed by atoms with Crippen molar-refractivity contribution in [1.29, 1.82) is 5.26 Å². The molecular formula is C32H28N4O3S3. The smallest absolute Gasteiger partial charge is 0.272 e. The van der Waals surface area contributed by atoms with E-state index in [0.29, 0.717) is 27.7 Å². The summed E-state index contributed by atoms with van der Waals surface area (Å²) >= 11 is 4.30. The monoisotopic (exact) mass is 612 g/mol. The molecule has 3 amide bonds. The Hall–Kier alpha value is -4.17. The predicted octanol–water partition coefficient (Wildman–Crippen LogP) is 6.95. The number of carbonyl (C=O) groups excluding carboxylic acids is 3. The summed E-state index contributed by atoms with van der Waals surface area (Å²) in [6.07, 6.45) is 4.51. The van der Waals surface area contributed by atoms with Crippen LogP contribution in [0.2, 0.25) is 0 Å². The van der Waals surface area contributed by atoms with Crippen LogP contribution >= 0.6 is 34.4 Å². The molecule has 0 bridgehead atoms. The molecule has 2 aromatic carbocycles. The molecule has 2 aromatic heterocycles. The maximum Gasteiger partial charge on any atom is 0.272 e. The molecule has 3 N–H and O–H groups in total. The van der Waals surface area contributed by atoms with E-state index >= 15 is 0 Å². The average Bonchev–Trinajstić information content (AvgIpc) is 3.63. The summed E-state index contributed by atoms with van der Waals surface area (Å²) in [6, 6.07) is 21.9. The molecule has 1 aliphatic rings. The number of thioether (sulfide) groups is 1. The summed E-state index contributed by atoms with van der Waals surface area (Å²) in [5, 5.41) is 20.8. The van der Waals surface area contributed by atoms with Crippen LogP contribution in [0.25, 0.3) is 6.08 Å². The molecular weight excluding hydrogens is 585 g/mol. The summed E-state index contributed by atoms with van der Waals surface area (Å²) in [5.41, 5.74) is 2.77. The number of nitrogens with zero attached hydrogens (tertiary/aromatic N) is 1. The molecule has 1 unspecified atom stereocenters. The van der Waals surface area contributed by atoms with Crippen molar-refractivity contribution in [2.24, 2.45) is 5.92 Å². The first-order valence-electron chi connectivity index (χ1n) is 13.4. The number of hydrogen-bond acceptors (Lipinski definition) is 7. The van der Waals surface area contributed by atoms with Crippen LogP contribution in [-0.2, 0) is 22.4 Å². The van der Waals surface area contributed by atoms with Gasteiger partial charge in [-0.3, -0.25) is 14.4 Å². The van der Waals surface area contributed by atoms with Crippen molar-refractivity contribution in [3.63, 3.8) is 0 Å². The Morgan fingerprint density at radius 1 is 1.07 bits per heavy atom. The molecule has 0 aliphatic heterocycles. The highest BCUT2D eigenvalue weighted by molar-refractivity contribution is 8.00. The molecule has 0 radical (unpaired) electrons. The lowest BCUT2D eigenvalue weighted by Gasteiger charge is -2.17. The molecule has 0 fully saturated rings. The van der Waals surface area contributed by atoms with Crippen LogP contribution in [0.5, 0.6) is 0 Å². The SMILES string of the molecule is CC1CCc2c(sc(NC(=O)CSc3cccc(NC(=O)/C(=C/c4cccs4)NC(=O)c4ccccc4)c3)c2C#N)C1. The Labute approximate surface area is 256 Å². The van der Waals surface area contributed by atoms with Crippen molar-refractivity contribution in [3.05, 3.63) is 104 Å². The molecule has 10 heteroatoms. The Balaban J connectivity index is 1.23. The highest BCUT2D eigenvalue weighted by atomic mass is 32.2. The highest BCUT2D eigenvalue weighted by Gasteiger charge is 2.24. The van der Waals surface area contributed by atoms with Crippen LogP contribution in [0.1, 0.15) is 44.6 Å². The number of thiophene rings is 2. The molecule has 0 saturated carbocycles. The van der Waals surface area contributed by atoms with E-state index in [-0.39, 0.29) is 23.3 Å². The third-order valence-electron chi connectivity index (χ3n) is 6.70. The minimum Gasteiger partial charge on any atom is -0.321 e. The van der Waals surface area contributed by atoms with Gasteiger partial charge in [-0.25, -0.2) is 0 Å². The number of anilines is 2. The van der Waals surface area contributed by atoms with Gasteiger partial charge in [-0.05, 0) is 78.6 Å². The first kappa shape index (κ1) is 29.3. The predicted molar refractivity (Wildman–Crippen MR) is 171 cm³/mol. The normalized spacial score (nSPS) is 14.4. The Morgan fingerprint density at radius 3 is 2.67 bits per heavy atom. The van der Waals surface area contributed by atoms with E-state index < -0.39 is 5.91 Å². The summed E-state index contributed by atoms with van der Waals surface area (Å²) in [6.45, 7) is 2.21. The Kier molecular flexibility index (Phi) is 9.54. The number of rotatable bonds is 9. The van der Waals surface area contributed by atoms with Crippen molar-refractivity contribution in [1.82, 2.24) is 5.32 Å². The third-order valence-corrected chi connectivity index (χ3v) is 9.68. The lowest BCUT2D eigenvalue weighted by molar-refractivity contribution is -0.114. The lowest BCUT2D eigenvalue weighted by atomic mass is 9.89. The maximum atomic E-state index is 13.3. The van der Waals surface area contributed by atoms with E-state index in [0.717, 1.165) is 34.6 Å². The molecule has 7 nitrogen and oxygen atoms in total. The molecule has 2 heterocycles. The van der Waals surface area contributed by atoms with E-state index in [2.05, 4.69) is 28.9 Å². The van der Waals surface area contributed by atoms with Crippen LogP contribution in [0, 0.1) is 17.2 Å². The van der Waals surface area contributed by atoms with Gasteiger partial charge in [0.1, 0.15) is 16.8 Å². The fourth-order valence-electron chi connectivity index (χ4n) is 4.59. The number of amides is 3. The lowest BCUT2D eigenvalue weighted by Crippen LogP contribution is -2.30. The van der Waals surface area contributed by atoms with Gasteiger partial charge in [0.05, 0.1) is 11.3 Å². The van der Waals surface area contributed by atoms with Crippen molar-refractivity contribution in [2.75, 3.05) is 16.4 Å². The van der Waals surface area contributed by atoms with Crippen molar-refractivity contribution in [2.45, 2.75) is 31.1 Å². The summed E-state index contributed by atoms with van der Waals surface area (Å²) in [5.74, 6) is -0.311. The standard InChI is InChI=1S/C32H28N4O3S3/c1-20-12-13-25-26(18-33)32(42-28(25)15-20)36-29(37)19-41-23-10-5-9-22(16-23)34-31(39)27(17-24-11-6-14-40-24)35-30(38)21-7-3-2-4-8-21/h2-11,14,16-17,20H,12-13,15,19H2,1H3,(H,34,39)(H,35,38)(H,36,37)/b27-17-. The minimum absolute atomic E-state index is 0.116. The van der Waals surface area contributed by atoms with E-state index in [4.69, 9.17) is 0 Å². The number of nitrogens with one attached hydrogen (secondary N) is 3. The molecule has 1 atom stereocenters. The summed E-state index contributed by atoms with van der Waals surface area (Å²) in [7, 11) is 0. The molecule has 4 aromatic rings. The van der Waals surface area contributed by atoms with Crippen molar-refractivity contribution < 1.29 is 14.4 Å². The fraction of sp³-hybridized carbons (Fsp3) is 0.188. The second-order valence-electron chi connectivity index (χ2n) is 9.88. The number of benzene rings is 2. The van der Waals surface area contributed by atoms with Crippen molar-refractivity contribution >= 4 is 68.9 Å². The number of fused-ring (bicyclic) bond motifs is 1. The number of hydrogen-bond donors (Lipinski definition) is 3. The highest BCUT2D eigenvalue weighted by Crippen LogP contribution is 2.39. The van der Waals surface area contributed by atoms with Crippen LogP contribution in [0.3, 0.4) is 0 Å². The average molecular weight is 613 g/mol. The van der Waals surface area contributed by atoms with Crippen LogP contribution in [-0.4, -0.2) is 23.5 Å². The molecule has 42 heavy (non-hydrogen) atoms. The summed E-state index contributed by atoms with van der Waals surface area (Å²) in [4.78, 5) is 41.7. The van der Waals surface area contributed by atoms with Gasteiger partial charge in [-0.2, -0.15) is 5.26 Å². The fourth-order valence-corrected chi connectivity index (χ4v) is 7.38. The Morgan fingerprint density at radius 2 is 1.90 bits per heavy atom. The second-order valence-corrected chi connectivity index (χ2v) is 13.0. The zero-order valence-corrected chi connectivity index (χ0v) is 25.3. The first-order chi connectivity index (χ1) is 20.4. The summed E-state index contributed by atoms with van der Waals surface area (Å²) < 4.78 is 0. The second kappa shape index (κ2) is 13.7. The largest absolute Gasteiger partial charge is 0.321 e. The van der Waals surface area contributed by atoms with Gasteiger partial charge in [-0.1, -0.05) is 37.3 Å². The molecule has 0 spiro atoms. The minimum atomic E-state index is -0.465. The molecule has 5 rings (SSSR count). The third kappa shape index (κ3) is 7.36. The molecule has 1 aliphatic carbocycles. The van der Waals surface area contributed by atoms with E-state index in [1.54, 1.807) is 48.5 Å². The van der Waals surface area contributed by atoms with Crippen LogP contribution < -0.4 is 16.0 Å². The van der Waals surface area contributed by atoms with Gasteiger partial charge in [0.25, 0.3) is 11.8 Å².